The van der Waals surface area contributed by atoms with Crippen LogP contribution in [-0.4, -0.2) is 15.0 Å². The Kier molecular flexibility index (Phi) is 5.86. The summed E-state index contributed by atoms with van der Waals surface area (Å²) in [5, 5.41) is 6.21. The zero-order valence-electron chi connectivity index (χ0n) is 27.0. The minimum absolute atomic E-state index is 0.529. The van der Waals surface area contributed by atoms with Gasteiger partial charge in [0.2, 0.25) is 0 Å². The number of rotatable bonds is 4. The first-order valence-corrected chi connectivity index (χ1v) is 16.9. The highest BCUT2D eigenvalue weighted by Crippen LogP contribution is 2.43. The quantitative estimate of drug-likeness (QED) is 0.188. The SMILES string of the molecule is c1ccc(-c2nc(-c3ccc4oc5ccccc5c4c3)nc(-c3cccc4c3oc3c(-c5cccc6c5oc5ccccc56)cccc34)n2)cc1. The van der Waals surface area contributed by atoms with Gasteiger partial charge in [0.15, 0.2) is 17.5 Å². The van der Waals surface area contributed by atoms with E-state index in [9.17, 15) is 0 Å². The molecule has 7 aromatic carbocycles. The third kappa shape index (κ3) is 4.26. The maximum absolute atomic E-state index is 6.88. The molecule has 11 rings (SSSR count). The highest BCUT2D eigenvalue weighted by Gasteiger charge is 2.21. The molecular weight excluding hydrogens is 631 g/mol. The van der Waals surface area contributed by atoms with Crippen molar-refractivity contribution in [2.75, 3.05) is 0 Å². The summed E-state index contributed by atoms with van der Waals surface area (Å²) in [5.74, 6) is 1.68. The standard InChI is InChI=1S/C45H25N3O3/c1-2-11-26(12-3-1)43-46-44(27-23-24-39-36(25-27)29-14-5-6-21-37(29)49-39)48-45(47-43)35-20-10-19-34-33-18-9-17-32(41(33)51-42(34)35)31-16-8-15-30-28-13-4-7-22-38(28)50-40(30)31/h1-25H. The lowest BCUT2D eigenvalue weighted by atomic mass is 9.99. The fourth-order valence-electron chi connectivity index (χ4n) is 7.37. The van der Waals surface area contributed by atoms with Gasteiger partial charge in [-0.2, -0.15) is 0 Å². The zero-order valence-corrected chi connectivity index (χ0v) is 27.0. The molecule has 0 aliphatic carbocycles. The predicted molar refractivity (Wildman–Crippen MR) is 203 cm³/mol. The Labute approximate surface area is 290 Å². The van der Waals surface area contributed by atoms with Crippen LogP contribution in [0.3, 0.4) is 0 Å². The lowest BCUT2D eigenvalue weighted by molar-refractivity contribution is 0.665. The molecule has 4 heterocycles. The van der Waals surface area contributed by atoms with Crippen LogP contribution < -0.4 is 0 Å². The van der Waals surface area contributed by atoms with Gasteiger partial charge in [-0.1, -0.05) is 115 Å². The van der Waals surface area contributed by atoms with Crippen LogP contribution in [-0.2, 0) is 0 Å². The topological polar surface area (TPSA) is 78.1 Å². The number of nitrogens with zero attached hydrogens (tertiary/aromatic N) is 3. The molecule has 11 aromatic rings. The average molecular weight is 656 g/mol. The van der Waals surface area contributed by atoms with Gasteiger partial charge >= 0.3 is 0 Å². The van der Waals surface area contributed by atoms with Gasteiger partial charge in [-0.05, 0) is 36.4 Å². The predicted octanol–water partition coefficient (Wildman–Crippen LogP) is 12.2. The number of furan rings is 3. The second kappa shape index (κ2) is 10.7. The molecule has 0 saturated heterocycles. The van der Waals surface area contributed by atoms with Gasteiger partial charge in [0.1, 0.15) is 33.5 Å². The Balaban J connectivity index is 1.13. The molecule has 0 unspecified atom stereocenters. The minimum Gasteiger partial charge on any atom is -0.456 e. The van der Waals surface area contributed by atoms with Crippen molar-refractivity contribution >= 4 is 65.8 Å². The first-order chi connectivity index (χ1) is 25.3. The molecule has 0 bridgehead atoms. The zero-order chi connectivity index (χ0) is 33.5. The highest BCUT2D eigenvalue weighted by molar-refractivity contribution is 6.16. The molecule has 0 atom stereocenters. The van der Waals surface area contributed by atoms with Crippen LogP contribution in [0, 0.1) is 0 Å². The normalized spacial score (nSPS) is 11.9. The largest absolute Gasteiger partial charge is 0.456 e. The van der Waals surface area contributed by atoms with E-state index in [0.717, 1.165) is 88.0 Å². The first-order valence-electron chi connectivity index (χ1n) is 16.9. The monoisotopic (exact) mass is 655 g/mol. The van der Waals surface area contributed by atoms with Crippen LogP contribution in [0.15, 0.2) is 165 Å². The second-order valence-electron chi connectivity index (χ2n) is 12.7. The van der Waals surface area contributed by atoms with Gasteiger partial charge in [0.25, 0.3) is 0 Å². The molecule has 0 saturated carbocycles. The summed E-state index contributed by atoms with van der Waals surface area (Å²) in [7, 11) is 0. The smallest absolute Gasteiger partial charge is 0.167 e. The van der Waals surface area contributed by atoms with Crippen LogP contribution in [0.5, 0.6) is 0 Å². The third-order valence-corrected chi connectivity index (χ3v) is 9.76. The molecule has 6 heteroatoms. The van der Waals surface area contributed by atoms with E-state index >= 15 is 0 Å². The molecule has 238 valence electrons. The van der Waals surface area contributed by atoms with E-state index in [1.807, 2.05) is 91.0 Å². The van der Waals surface area contributed by atoms with Gasteiger partial charge in [-0.3, -0.25) is 0 Å². The van der Waals surface area contributed by atoms with Crippen molar-refractivity contribution in [1.29, 1.82) is 0 Å². The Morgan fingerprint density at radius 2 is 0.784 bits per heavy atom. The third-order valence-electron chi connectivity index (χ3n) is 9.76. The molecule has 0 aliphatic heterocycles. The van der Waals surface area contributed by atoms with E-state index in [2.05, 4.69) is 60.7 Å². The molecule has 0 amide bonds. The molecule has 0 radical (unpaired) electrons. The van der Waals surface area contributed by atoms with Crippen molar-refractivity contribution in [3.8, 4) is 45.3 Å². The summed E-state index contributed by atoms with van der Waals surface area (Å²) in [6, 6.07) is 51.0. The fraction of sp³-hybridized carbons (Fsp3) is 0. The van der Waals surface area contributed by atoms with E-state index in [1.165, 1.54) is 0 Å². The van der Waals surface area contributed by atoms with E-state index in [-0.39, 0.29) is 0 Å². The van der Waals surface area contributed by atoms with Crippen molar-refractivity contribution in [3.63, 3.8) is 0 Å². The van der Waals surface area contributed by atoms with Crippen LogP contribution in [0.4, 0.5) is 0 Å². The van der Waals surface area contributed by atoms with Gasteiger partial charge in [0.05, 0.1) is 5.56 Å². The second-order valence-corrected chi connectivity index (χ2v) is 12.7. The summed E-state index contributed by atoms with van der Waals surface area (Å²) >= 11 is 0. The van der Waals surface area contributed by atoms with Crippen LogP contribution in [0.1, 0.15) is 0 Å². The first kappa shape index (κ1) is 27.9. The molecule has 4 aromatic heterocycles. The van der Waals surface area contributed by atoms with Gasteiger partial charge in [-0.25, -0.2) is 15.0 Å². The summed E-state index contributed by atoms with van der Waals surface area (Å²) in [4.78, 5) is 15.2. The molecule has 0 N–H and O–H groups in total. The number of aromatic nitrogens is 3. The van der Waals surface area contributed by atoms with E-state index in [4.69, 9.17) is 28.2 Å². The summed E-state index contributed by atoms with van der Waals surface area (Å²) in [6.45, 7) is 0. The number of fused-ring (bicyclic) bond motifs is 9. The van der Waals surface area contributed by atoms with Gasteiger partial charge in [0, 0.05) is 54.6 Å². The lowest BCUT2D eigenvalue weighted by Crippen LogP contribution is -2.00. The Hall–Kier alpha value is -7.05. The number of benzene rings is 7. The Morgan fingerprint density at radius 1 is 0.294 bits per heavy atom. The van der Waals surface area contributed by atoms with Gasteiger partial charge in [-0.15, -0.1) is 0 Å². The van der Waals surface area contributed by atoms with E-state index < -0.39 is 0 Å². The summed E-state index contributed by atoms with van der Waals surface area (Å²) in [6.07, 6.45) is 0. The minimum atomic E-state index is 0.529. The van der Waals surface area contributed by atoms with Crippen molar-refractivity contribution in [3.05, 3.63) is 152 Å². The fourth-order valence-corrected chi connectivity index (χ4v) is 7.37. The van der Waals surface area contributed by atoms with Crippen molar-refractivity contribution in [1.82, 2.24) is 15.0 Å². The number of para-hydroxylation sites is 5. The Morgan fingerprint density at radius 3 is 1.51 bits per heavy atom. The molecule has 0 spiro atoms. The van der Waals surface area contributed by atoms with Crippen molar-refractivity contribution in [2.45, 2.75) is 0 Å². The summed E-state index contributed by atoms with van der Waals surface area (Å²) < 4.78 is 19.4. The van der Waals surface area contributed by atoms with Crippen molar-refractivity contribution in [2.24, 2.45) is 0 Å². The maximum Gasteiger partial charge on any atom is 0.167 e. The molecule has 0 fully saturated rings. The van der Waals surface area contributed by atoms with Crippen molar-refractivity contribution < 1.29 is 13.3 Å². The van der Waals surface area contributed by atoms with Gasteiger partial charge < -0.3 is 13.3 Å². The van der Waals surface area contributed by atoms with Crippen LogP contribution >= 0.6 is 0 Å². The molecular formula is C45H25N3O3. The van der Waals surface area contributed by atoms with Crippen LogP contribution in [0.25, 0.3) is 111 Å². The highest BCUT2D eigenvalue weighted by atomic mass is 16.3. The molecule has 6 nitrogen and oxygen atoms in total. The average Bonchev–Trinajstić information content (AvgIpc) is 3.89. The van der Waals surface area contributed by atoms with Crippen LogP contribution in [0.2, 0.25) is 0 Å². The molecule has 0 aliphatic rings. The maximum atomic E-state index is 6.88. The number of hydrogen-bond acceptors (Lipinski definition) is 6. The number of hydrogen-bond donors (Lipinski definition) is 0. The molecule has 51 heavy (non-hydrogen) atoms. The lowest BCUT2D eigenvalue weighted by Gasteiger charge is -2.09. The Bertz CT molecular complexity index is 3150. The summed E-state index contributed by atoms with van der Waals surface area (Å²) in [5.41, 5.74) is 9.34. The van der Waals surface area contributed by atoms with E-state index in [1.54, 1.807) is 0 Å². The van der Waals surface area contributed by atoms with E-state index in [0.29, 0.717) is 23.1 Å².